The molecule has 0 aromatic heterocycles. The summed E-state index contributed by atoms with van der Waals surface area (Å²) in [6.07, 6.45) is 0.887. The molecule has 21 heavy (non-hydrogen) atoms. The molecule has 0 bridgehead atoms. The monoisotopic (exact) mass is 373 g/mol. The maximum Gasteiger partial charge on any atom is 0.327 e. The van der Waals surface area contributed by atoms with Gasteiger partial charge in [0.1, 0.15) is 11.8 Å². The van der Waals surface area contributed by atoms with Gasteiger partial charge < -0.3 is 14.7 Å². The zero-order valence-corrected chi connectivity index (χ0v) is 13.9. The lowest BCUT2D eigenvalue weighted by molar-refractivity contribution is -0.147. The standard InChI is InChI=1S/C14H16BrNO4S/c1-20-12-4-2-9(6-10(12)15)3-5-13(17)16-8-21-7-11(16)14(18)19/h2,4,6,11H,3,5,7-8H2,1H3,(H,18,19). The molecule has 0 saturated carbocycles. The number of amides is 1. The number of halogens is 1. The second-order valence-corrected chi connectivity index (χ2v) is 6.54. The third-order valence-electron chi connectivity index (χ3n) is 3.33. The smallest absolute Gasteiger partial charge is 0.327 e. The molecule has 114 valence electrons. The quantitative estimate of drug-likeness (QED) is 0.857. The van der Waals surface area contributed by atoms with Crippen molar-refractivity contribution in [3.8, 4) is 5.75 Å². The first kappa shape index (κ1) is 16.2. The van der Waals surface area contributed by atoms with Gasteiger partial charge in [-0.05, 0) is 40.0 Å². The van der Waals surface area contributed by atoms with E-state index in [1.54, 1.807) is 7.11 Å². The van der Waals surface area contributed by atoms with Gasteiger partial charge in [-0.3, -0.25) is 4.79 Å². The van der Waals surface area contributed by atoms with Gasteiger partial charge in [0.2, 0.25) is 5.91 Å². The summed E-state index contributed by atoms with van der Waals surface area (Å²) in [5.74, 6) is 0.629. The zero-order valence-electron chi connectivity index (χ0n) is 11.5. The number of carbonyl (C=O) groups is 2. The van der Waals surface area contributed by atoms with Crippen molar-refractivity contribution in [2.45, 2.75) is 18.9 Å². The van der Waals surface area contributed by atoms with Crippen molar-refractivity contribution in [2.75, 3.05) is 18.7 Å². The molecule has 1 aromatic rings. The molecule has 2 rings (SSSR count). The predicted octanol–water partition coefficient (Wildman–Crippen LogP) is 2.38. The Morgan fingerprint density at radius 2 is 2.29 bits per heavy atom. The fraction of sp³-hybridized carbons (Fsp3) is 0.429. The van der Waals surface area contributed by atoms with Crippen LogP contribution in [0, 0.1) is 0 Å². The lowest BCUT2D eigenvalue weighted by atomic mass is 10.1. The Morgan fingerprint density at radius 3 is 2.90 bits per heavy atom. The molecule has 1 N–H and O–H groups in total. The summed E-state index contributed by atoms with van der Waals surface area (Å²) in [5.41, 5.74) is 1.01. The summed E-state index contributed by atoms with van der Waals surface area (Å²) in [4.78, 5) is 24.7. The van der Waals surface area contributed by atoms with Crippen molar-refractivity contribution in [2.24, 2.45) is 0 Å². The van der Waals surface area contributed by atoms with Crippen LogP contribution in [0.3, 0.4) is 0 Å². The van der Waals surface area contributed by atoms with E-state index in [9.17, 15) is 9.59 Å². The Morgan fingerprint density at radius 1 is 1.52 bits per heavy atom. The Balaban J connectivity index is 1.95. The van der Waals surface area contributed by atoms with Crippen molar-refractivity contribution in [1.29, 1.82) is 0 Å². The average Bonchev–Trinajstić information content (AvgIpc) is 2.94. The number of thioether (sulfide) groups is 1. The van der Waals surface area contributed by atoms with Crippen molar-refractivity contribution >= 4 is 39.6 Å². The Hall–Kier alpha value is -1.21. The summed E-state index contributed by atoms with van der Waals surface area (Å²) in [5, 5.41) is 9.08. The Kier molecular flexibility index (Phi) is 5.52. The van der Waals surface area contributed by atoms with Gasteiger partial charge in [0.05, 0.1) is 17.5 Å². The molecule has 1 heterocycles. The van der Waals surface area contributed by atoms with Crippen LogP contribution in [0.2, 0.25) is 0 Å². The molecular formula is C14H16BrNO4S. The van der Waals surface area contributed by atoms with Gasteiger partial charge >= 0.3 is 5.97 Å². The Labute approximate surface area is 135 Å². The van der Waals surface area contributed by atoms with Crippen LogP contribution in [-0.2, 0) is 16.0 Å². The minimum atomic E-state index is -0.930. The fourth-order valence-electron chi connectivity index (χ4n) is 2.15. The van der Waals surface area contributed by atoms with Crippen molar-refractivity contribution in [3.05, 3.63) is 28.2 Å². The summed E-state index contributed by atoms with van der Waals surface area (Å²) in [6, 6.07) is 4.98. The van der Waals surface area contributed by atoms with Crippen LogP contribution in [0.1, 0.15) is 12.0 Å². The van der Waals surface area contributed by atoms with Crippen LogP contribution >= 0.6 is 27.7 Å². The average molecular weight is 374 g/mol. The molecule has 0 aliphatic carbocycles. The first-order chi connectivity index (χ1) is 10.0. The number of aryl methyl sites for hydroxylation is 1. The van der Waals surface area contributed by atoms with Crippen LogP contribution in [-0.4, -0.2) is 46.7 Å². The molecule has 1 aromatic carbocycles. The molecule has 1 atom stereocenters. The van der Waals surface area contributed by atoms with Gasteiger partial charge in [-0.2, -0.15) is 0 Å². The predicted molar refractivity (Wildman–Crippen MR) is 84.6 cm³/mol. The molecule has 1 amide bonds. The summed E-state index contributed by atoms with van der Waals surface area (Å²) in [7, 11) is 1.60. The van der Waals surface area contributed by atoms with Gasteiger partial charge in [0.25, 0.3) is 0 Å². The van der Waals surface area contributed by atoms with E-state index in [2.05, 4.69) is 15.9 Å². The number of benzene rings is 1. The molecule has 1 saturated heterocycles. The highest BCUT2D eigenvalue weighted by Gasteiger charge is 2.34. The van der Waals surface area contributed by atoms with Gasteiger partial charge in [0, 0.05) is 12.2 Å². The van der Waals surface area contributed by atoms with E-state index in [-0.39, 0.29) is 5.91 Å². The largest absolute Gasteiger partial charge is 0.496 e. The fourth-order valence-corrected chi connectivity index (χ4v) is 3.91. The van der Waals surface area contributed by atoms with Gasteiger partial charge in [-0.15, -0.1) is 11.8 Å². The van der Waals surface area contributed by atoms with Gasteiger partial charge in [0.15, 0.2) is 0 Å². The number of carbonyl (C=O) groups excluding carboxylic acids is 1. The van der Waals surface area contributed by atoms with E-state index in [0.717, 1.165) is 15.8 Å². The maximum absolute atomic E-state index is 12.2. The molecule has 1 aliphatic heterocycles. The SMILES string of the molecule is COc1ccc(CCC(=O)N2CSCC2C(=O)O)cc1Br. The molecule has 1 aliphatic rings. The van der Waals surface area contributed by atoms with Crippen LogP contribution in [0.5, 0.6) is 5.75 Å². The molecule has 0 spiro atoms. The summed E-state index contributed by atoms with van der Waals surface area (Å²) in [6.45, 7) is 0. The van der Waals surface area contributed by atoms with Crippen LogP contribution in [0.15, 0.2) is 22.7 Å². The number of hydrogen-bond acceptors (Lipinski definition) is 4. The number of rotatable bonds is 5. The molecule has 7 heteroatoms. The molecule has 0 radical (unpaired) electrons. The number of nitrogens with zero attached hydrogens (tertiary/aromatic N) is 1. The third kappa shape index (κ3) is 3.91. The summed E-state index contributed by atoms with van der Waals surface area (Å²) >= 11 is 4.88. The highest BCUT2D eigenvalue weighted by Crippen LogP contribution is 2.27. The normalized spacial score (nSPS) is 17.8. The molecule has 1 unspecified atom stereocenters. The first-order valence-corrected chi connectivity index (χ1v) is 8.40. The number of ether oxygens (including phenoxy) is 1. The maximum atomic E-state index is 12.2. The van der Waals surface area contributed by atoms with E-state index in [4.69, 9.17) is 9.84 Å². The lowest BCUT2D eigenvalue weighted by Crippen LogP contribution is -2.41. The second-order valence-electron chi connectivity index (χ2n) is 4.69. The van der Waals surface area contributed by atoms with E-state index >= 15 is 0 Å². The number of hydrogen-bond donors (Lipinski definition) is 1. The van der Waals surface area contributed by atoms with Gasteiger partial charge in [-0.1, -0.05) is 6.07 Å². The zero-order chi connectivity index (χ0) is 15.4. The number of carboxylic acids is 1. The van der Waals surface area contributed by atoms with Crippen molar-refractivity contribution in [3.63, 3.8) is 0 Å². The minimum absolute atomic E-state index is 0.112. The van der Waals surface area contributed by atoms with Gasteiger partial charge in [-0.25, -0.2) is 4.79 Å². The lowest BCUT2D eigenvalue weighted by Gasteiger charge is -2.20. The van der Waals surface area contributed by atoms with Crippen molar-refractivity contribution < 1.29 is 19.4 Å². The third-order valence-corrected chi connectivity index (χ3v) is 4.96. The van der Waals surface area contributed by atoms with Crippen LogP contribution < -0.4 is 4.74 Å². The topological polar surface area (TPSA) is 66.8 Å². The molecule has 5 nitrogen and oxygen atoms in total. The van der Waals surface area contributed by atoms with E-state index in [1.165, 1.54) is 16.7 Å². The minimum Gasteiger partial charge on any atom is -0.496 e. The summed E-state index contributed by atoms with van der Waals surface area (Å²) < 4.78 is 6.00. The van der Waals surface area contributed by atoms with E-state index in [1.807, 2.05) is 18.2 Å². The Bertz CT molecular complexity index is 552. The first-order valence-electron chi connectivity index (χ1n) is 6.45. The highest BCUT2D eigenvalue weighted by atomic mass is 79.9. The van der Waals surface area contributed by atoms with Crippen molar-refractivity contribution in [1.82, 2.24) is 4.90 Å². The number of carboxylic acid groups (broad SMARTS) is 1. The van der Waals surface area contributed by atoms with Crippen LogP contribution in [0.4, 0.5) is 0 Å². The molecule has 1 fully saturated rings. The second kappa shape index (κ2) is 7.17. The van der Waals surface area contributed by atoms with Crippen LogP contribution in [0.25, 0.3) is 0 Å². The highest BCUT2D eigenvalue weighted by molar-refractivity contribution is 9.10. The number of aliphatic carboxylic acids is 1. The molecular weight excluding hydrogens is 358 g/mol. The number of methoxy groups -OCH3 is 1. The van der Waals surface area contributed by atoms with E-state index < -0.39 is 12.0 Å². The van der Waals surface area contributed by atoms with E-state index in [0.29, 0.717) is 24.5 Å².